The van der Waals surface area contributed by atoms with Gasteiger partial charge in [0, 0.05) is 41.9 Å². The summed E-state index contributed by atoms with van der Waals surface area (Å²) < 4.78 is 38.1. The molecule has 5 nitrogen and oxygen atoms in total. The van der Waals surface area contributed by atoms with E-state index in [-0.39, 0.29) is 23.0 Å². The average Bonchev–Trinajstić information content (AvgIpc) is 2.46. The number of halogens is 1. The molecule has 1 aliphatic heterocycles. The molecule has 0 spiro atoms. The zero-order valence-corrected chi connectivity index (χ0v) is 14.2. The molecular weight excluding hydrogens is 332 g/mol. The van der Waals surface area contributed by atoms with Crippen molar-refractivity contribution >= 4 is 32.4 Å². The van der Waals surface area contributed by atoms with Crippen molar-refractivity contribution in [3.05, 3.63) is 28.8 Å². The second-order valence-electron chi connectivity index (χ2n) is 4.80. The van der Waals surface area contributed by atoms with Gasteiger partial charge >= 0.3 is 0 Å². The zero-order valence-electron chi connectivity index (χ0n) is 11.8. The van der Waals surface area contributed by atoms with Gasteiger partial charge in [0.05, 0.1) is 5.02 Å². The van der Waals surface area contributed by atoms with Crippen LogP contribution >= 0.6 is 11.6 Å². The van der Waals surface area contributed by atoms with Gasteiger partial charge in [-0.25, -0.2) is 8.42 Å². The van der Waals surface area contributed by atoms with Gasteiger partial charge in [0.1, 0.15) is 4.90 Å². The van der Waals surface area contributed by atoms with Gasteiger partial charge in [0.15, 0.2) is 0 Å². The van der Waals surface area contributed by atoms with Crippen LogP contribution < -0.4 is 5.32 Å². The number of rotatable bonds is 5. The zero-order chi connectivity index (χ0) is 15.5. The molecular formula is C13H19ClN2O3S2. The molecule has 0 aromatic heterocycles. The fraction of sp³-hybridized carbons (Fsp3) is 0.538. The molecule has 21 heavy (non-hydrogen) atoms. The molecule has 1 heterocycles. The van der Waals surface area contributed by atoms with Crippen LogP contribution in [0.1, 0.15) is 12.5 Å². The van der Waals surface area contributed by atoms with Crippen molar-refractivity contribution in [2.75, 3.05) is 31.1 Å². The van der Waals surface area contributed by atoms with E-state index in [4.69, 9.17) is 11.6 Å². The van der Waals surface area contributed by atoms with E-state index in [1.807, 2.05) is 13.0 Å². The van der Waals surface area contributed by atoms with Crippen LogP contribution in [-0.2, 0) is 27.4 Å². The van der Waals surface area contributed by atoms with Crippen LogP contribution in [0.2, 0.25) is 5.02 Å². The van der Waals surface area contributed by atoms with Crippen LogP contribution in [-0.4, -0.2) is 48.1 Å². The van der Waals surface area contributed by atoms with Gasteiger partial charge in [-0.15, -0.1) is 0 Å². The maximum absolute atomic E-state index is 12.7. The first kappa shape index (κ1) is 16.9. The van der Waals surface area contributed by atoms with E-state index in [1.165, 1.54) is 4.31 Å². The Kier molecular flexibility index (Phi) is 5.79. The summed E-state index contributed by atoms with van der Waals surface area (Å²) in [5.41, 5.74) is 0.875. The van der Waals surface area contributed by atoms with Crippen molar-refractivity contribution in [3.63, 3.8) is 0 Å². The molecule has 0 atom stereocenters. The van der Waals surface area contributed by atoms with Crippen molar-refractivity contribution < 1.29 is 12.6 Å². The van der Waals surface area contributed by atoms with E-state index >= 15 is 0 Å². The van der Waals surface area contributed by atoms with Crippen LogP contribution in [0.3, 0.4) is 0 Å². The summed E-state index contributed by atoms with van der Waals surface area (Å²) in [6.07, 6.45) is 0. The molecule has 0 saturated carbocycles. The Balaban J connectivity index is 2.28. The fourth-order valence-electron chi connectivity index (χ4n) is 2.13. The highest BCUT2D eigenvalue weighted by Gasteiger charge is 2.29. The minimum Gasteiger partial charge on any atom is -0.313 e. The fourth-order valence-corrected chi connectivity index (χ4v) is 5.37. The summed E-state index contributed by atoms with van der Waals surface area (Å²) in [7, 11) is -4.54. The Morgan fingerprint density at radius 1 is 1.33 bits per heavy atom. The lowest BCUT2D eigenvalue weighted by atomic mass is 10.2. The SMILES string of the molecule is CCNCc1ccc(Cl)c(S(=O)(=O)N2CCS(=O)CC2)c1. The maximum Gasteiger partial charge on any atom is 0.244 e. The van der Waals surface area contributed by atoms with Gasteiger partial charge in [-0.3, -0.25) is 4.21 Å². The number of sulfonamides is 1. The lowest BCUT2D eigenvalue weighted by Gasteiger charge is -2.26. The molecule has 1 saturated heterocycles. The lowest BCUT2D eigenvalue weighted by molar-refractivity contribution is 0.438. The standard InChI is InChI=1S/C13H19ClN2O3S2/c1-2-15-10-11-3-4-12(14)13(9-11)21(18,19)16-5-7-20(17)8-6-16/h3-4,9,15H,2,5-8,10H2,1H3. The molecule has 0 radical (unpaired) electrons. The van der Waals surface area contributed by atoms with Crippen LogP contribution in [0.25, 0.3) is 0 Å². The molecule has 1 N–H and O–H groups in total. The van der Waals surface area contributed by atoms with E-state index in [0.717, 1.165) is 12.1 Å². The maximum atomic E-state index is 12.7. The van der Waals surface area contributed by atoms with Crippen molar-refractivity contribution in [3.8, 4) is 0 Å². The molecule has 1 aliphatic rings. The number of nitrogens with zero attached hydrogens (tertiary/aromatic N) is 1. The molecule has 1 aromatic rings. The Morgan fingerprint density at radius 2 is 2.00 bits per heavy atom. The topological polar surface area (TPSA) is 66.5 Å². The molecule has 8 heteroatoms. The highest BCUT2D eigenvalue weighted by molar-refractivity contribution is 7.89. The van der Waals surface area contributed by atoms with Crippen LogP contribution in [0.15, 0.2) is 23.1 Å². The van der Waals surface area contributed by atoms with Crippen LogP contribution in [0.5, 0.6) is 0 Å². The quantitative estimate of drug-likeness (QED) is 0.866. The normalized spacial score (nSPS) is 18.0. The monoisotopic (exact) mass is 350 g/mol. The van der Waals surface area contributed by atoms with E-state index in [9.17, 15) is 12.6 Å². The molecule has 0 aliphatic carbocycles. The molecule has 0 bridgehead atoms. The molecule has 2 rings (SSSR count). The third-order valence-electron chi connectivity index (χ3n) is 3.33. The number of hydrogen-bond acceptors (Lipinski definition) is 4. The predicted octanol–water partition coefficient (Wildman–Crippen LogP) is 1.20. The smallest absolute Gasteiger partial charge is 0.244 e. The minimum atomic E-state index is -3.62. The largest absolute Gasteiger partial charge is 0.313 e. The van der Waals surface area contributed by atoms with E-state index in [0.29, 0.717) is 18.1 Å². The summed E-state index contributed by atoms with van der Waals surface area (Å²) >= 11 is 6.08. The Labute approximate surface area is 133 Å². The average molecular weight is 351 g/mol. The molecule has 1 fully saturated rings. The first-order chi connectivity index (χ1) is 9.95. The van der Waals surface area contributed by atoms with Crippen molar-refractivity contribution in [1.82, 2.24) is 9.62 Å². The summed E-state index contributed by atoms with van der Waals surface area (Å²) in [6.45, 7) is 3.95. The first-order valence-corrected chi connectivity index (χ1v) is 10.1. The van der Waals surface area contributed by atoms with Crippen molar-refractivity contribution in [1.29, 1.82) is 0 Å². The van der Waals surface area contributed by atoms with Gasteiger partial charge in [-0.2, -0.15) is 4.31 Å². The second kappa shape index (κ2) is 7.19. The first-order valence-electron chi connectivity index (χ1n) is 6.79. The Hall–Kier alpha value is -0.470. The second-order valence-corrected chi connectivity index (χ2v) is 8.81. The summed E-state index contributed by atoms with van der Waals surface area (Å²) in [5.74, 6) is 0.766. The van der Waals surface area contributed by atoms with Crippen molar-refractivity contribution in [2.24, 2.45) is 0 Å². The molecule has 0 amide bonds. The van der Waals surface area contributed by atoms with E-state index < -0.39 is 20.8 Å². The number of benzene rings is 1. The molecule has 1 aromatic carbocycles. The minimum absolute atomic E-state index is 0.132. The highest BCUT2D eigenvalue weighted by Crippen LogP contribution is 2.26. The molecule has 118 valence electrons. The highest BCUT2D eigenvalue weighted by atomic mass is 35.5. The van der Waals surface area contributed by atoms with Gasteiger partial charge in [-0.1, -0.05) is 24.6 Å². The van der Waals surface area contributed by atoms with E-state index in [1.54, 1.807) is 12.1 Å². The summed E-state index contributed by atoms with van der Waals surface area (Å²) in [5, 5.41) is 3.38. The Bertz CT molecular complexity index is 624. The van der Waals surface area contributed by atoms with E-state index in [2.05, 4.69) is 5.32 Å². The third kappa shape index (κ3) is 4.04. The number of nitrogens with one attached hydrogen (secondary N) is 1. The van der Waals surface area contributed by atoms with Crippen LogP contribution in [0.4, 0.5) is 0 Å². The lowest BCUT2D eigenvalue weighted by Crippen LogP contribution is -2.41. The van der Waals surface area contributed by atoms with Crippen LogP contribution in [0, 0.1) is 0 Å². The summed E-state index contributed by atoms with van der Waals surface area (Å²) in [6, 6.07) is 5.05. The molecule has 0 unspecified atom stereocenters. The Morgan fingerprint density at radius 3 is 2.62 bits per heavy atom. The van der Waals surface area contributed by atoms with Gasteiger partial charge in [-0.05, 0) is 24.2 Å². The van der Waals surface area contributed by atoms with Gasteiger partial charge in [0.2, 0.25) is 10.0 Å². The predicted molar refractivity (Wildman–Crippen MR) is 85.5 cm³/mol. The number of hydrogen-bond donors (Lipinski definition) is 1. The van der Waals surface area contributed by atoms with Gasteiger partial charge in [0.25, 0.3) is 0 Å². The van der Waals surface area contributed by atoms with Crippen molar-refractivity contribution in [2.45, 2.75) is 18.4 Å². The summed E-state index contributed by atoms with van der Waals surface area (Å²) in [4.78, 5) is 0.132. The van der Waals surface area contributed by atoms with Gasteiger partial charge < -0.3 is 5.32 Å². The third-order valence-corrected chi connectivity index (χ3v) is 6.99.